The van der Waals surface area contributed by atoms with Crippen LogP contribution in [0.25, 0.3) is 0 Å². The number of nitrogens with one attached hydrogen (secondary N) is 1. The number of pyridine rings is 1. The fourth-order valence-electron chi connectivity index (χ4n) is 1.73. The number of rotatable bonds is 2. The summed E-state index contributed by atoms with van der Waals surface area (Å²) in [6.07, 6.45) is 0. The Morgan fingerprint density at radius 2 is 1.80 bits per heavy atom. The molecule has 0 saturated carbocycles. The molecule has 0 bridgehead atoms. The molecular formula is C10H13Cl2N3. The molecule has 1 aliphatic heterocycles. The lowest BCUT2D eigenvalue weighted by atomic mass is 10.2. The maximum absolute atomic E-state index is 5.84. The standard InChI is InChI=1S/C10H13Cl2N3/c11-9-5-8(6-10(12)14-9)7-15-3-1-13-2-4-15/h5-6,13H,1-4,7H2. The Bertz CT molecular complexity index is 317. The largest absolute Gasteiger partial charge is 0.314 e. The molecule has 0 amide bonds. The summed E-state index contributed by atoms with van der Waals surface area (Å²) < 4.78 is 0. The van der Waals surface area contributed by atoms with Crippen molar-refractivity contribution >= 4 is 23.2 Å². The summed E-state index contributed by atoms with van der Waals surface area (Å²) in [5, 5.41) is 4.25. The third kappa shape index (κ3) is 3.31. The topological polar surface area (TPSA) is 28.2 Å². The van der Waals surface area contributed by atoms with Gasteiger partial charge in [0.05, 0.1) is 0 Å². The molecule has 15 heavy (non-hydrogen) atoms. The van der Waals surface area contributed by atoms with Gasteiger partial charge in [-0.25, -0.2) is 4.98 Å². The zero-order chi connectivity index (χ0) is 10.7. The molecule has 1 aromatic rings. The second-order valence-corrected chi connectivity index (χ2v) is 4.42. The molecule has 0 aromatic carbocycles. The van der Waals surface area contributed by atoms with Crippen LogP contribution in [0, 0.1) is 0 Å². The highest BCUT2D eigenvalue weighted by molar-refractivity contribution is 6.32. The maximum Gasteiger partial charge on any atom is 0.131 e. The summed E-state index contributed by atoms with van der Waals surface area (Å²) >= 11 is 11.7. The zero-order valence-electron chi connectivity index (χ0n) is 8.34. The van der Waals surface area contributed by atoms with E-state index in [4.69, 9.17) is 23.2 Å². The molecule has 2 heterocycles. The SMILES string of the molecule is Clc1cc(CN2CCNCC2)cc(Cl)n1. The van der Waals surface area contributed by atoms with Gasteiger partial charge < -0.3 is 5.32 Å². The van der Waals surface area contributed by atoms with Gasteiger partial charge in [0.1, 0.15) is 10.3 Å². The first-order valence-corrected chi connectivity index (χ1v) is 5.75. The molecule has 1 fully saturated rings. The van der Waals surface area contributed by atoms with Gasteiger partial charge in [-0.15, -0.1) is 0 Å². The van der Waals surface area contributed by atoms with Crippen LogP contribution in [-0.4, -0.2) is 36.1 Å². The maximum atomic E-state index is 5.84. The number of halogens is 2. The summed E-state index contributed by atoms with van der Waals surface area (Å²) in [5.74, 6) is 0. The molecule has 1 aliphatic rings. The lowest BCUT2D eigenvalue weighted by molar-refractivity contribution is 0.233. The van der Waals surface area contributed by atoms with Crippen LogP contribution in [0.4, 0.5) is 0 Å². The Morgan fingerprint density at radius 3 is 2.40 bits per heavy atom. The molecule has 0 spiro atoms. The van der Waals surface area contributed by atoms with Crippen molar-refractivity contribution in [1.29, 1.82) is 0 Å². The molecule has 0 unspecified atom stereocenters. The Labute approximate surface area is 99.4 Å². The molecular weight excluding hydrogens is 233 g/mol. The molecule has 1 saturated heterocycles. The Morgan fingerprint density at radius 1 is 1.20 bits per heavy atom. The fraction of sp³-hybridized carbons (Fsp3) is 0.500. The van der Waals surface area contributed by atoms with Crippen LogP contribution < -0.4 is 5.32 Å². The summed E-state index contributed by atoms with van der Waals surface area (Å²) in [5.41, 5.74) is 1.13. The third-order valence-electron chi connectivity index (χ3n) is 2.44. The third-order valence-corrected chi connectivity index (χ3v) is 2.83. The van der Waals surface area contributed by atoms with Gasteiger partial charge in [0, 0.05) is 32.7 Å². The average molecular weight is 246 g/mol. The van der Waals surface area contributed by atoms with E-state index in [0.29, 0.717) is 10.3 Å². The predicted octanol–water partition coefficient (Wildman–Crippen LogP) is 1.79. The van der Waals surface area contributed by atoms with E-state index in [9.17, 15) is 0 Å². The minimum Gasteiger partial charge on any atom is -0.314 e. The van der Waals surface area contributed by atoms with Gasteiger partial charge in [-0.3, -0.25) is 4.90 Å². The monoisotopic (exact) mass is 245 g/mol. The Kier molecular flexibility index (Phi) is 3.81. The number of aromatic nitrogens is 1. The highest BCUT2D eigenvalue weighted by Crippen LogP contribution is 2.16. The van der Waals surface area contributed by atoms with Gasteiger partial charge in [0.15, 0.2) is 0 Å². The van der Waals surface area contributed by atoms with Crippen LogP contribution in [0.15, 0.2) is 12.1 Å². The number of hydrogen-bond donors (Lipinski definition) is 1. The van der Waals surface area contributed by atoms with Gasteiger partial charge in [0.25, 0.3) is 0 Å². The molecule has 5 heteroatoms. The van der Waals surface area contributed by atoms with Crippen molar-refractivity contribution in [2.75, 3.05) is 26.2 Å². The van der Waals surface area contributed by atoms with Crippen molar-refractivity contribution in [3.05, 3.63) is 28.0 Å². The summed E-state index contributed by atoms with van der Waals surface area (Å²) in [7, 11) is 0. The van der Waals surface area contributed by atoms with Crippen molar-refractivity contribution in [2.45, 2.75) is 6.54 Å². The molecule has 82 valence electrons. The van der Waals surface area contributed by atoms with Crippen molar-refractivity contribution in [1.82, 2.24) is 15.2 Å². The van der Waals surface area contributed by atoms with Gasteiger partial charge in [-0.05, 0) is 17.7 Å². The Hall–Kier alpha value is -0.350. The van der Waals surface area contributed by atoms with E-state index in [-0.39, 0.29) is 0 Å². The molecule has 3 nitrogen and oxygen atoms in total. The Balaban J connectivity index is 2.02. The van der Waals surface area contributed by atoms with Gasteiger partial charge in [0.2, 0.25) is 0 Å². The molecule has 1 aromatic heterocycles. The molecule has 0 radical (unpaired) electrons. The molecule has 0 aliphatic carbocycles. The summed E-state index contributed by atoms with van der Waals surface area (Å²) in [4.78, 5) is 6.30. The number of hydrogen-bond acceptors (Lipinski definition) is 3. The van der Waals surface area contributed by atoms with Crippen LogP contribution in [0.2, 0.25) is 10.3 Å². The highest BCUT2D eigenvalue weighted by atomic mass is 35.5. The normalized spacial score (nSPS) is 18.0. The van der Waals surface area contributed by atoms with E-state index in [1.54, 1.807) is 0 Å². The fourth-order valence-corrected chi connectivity index (χ4v) is 2.24. The second-order valence-electron chi connectivity index (χ2n) is 3.65. The van der Waals surface area contributed by atoms with Crippen molar-refractivity contribution in [2.24, 2.45) is 0 Å². The lowest BCUT2D eigenvalue weighted by Gasteiger charge is -2.27. The molecule has 0 atom stereocenters. The summed E-state index contributed by atoms with van der Waals surface area (Å²) in [6, 6.07) is 3.74. The van der Waals surface area contributed by atoms with Crippen molar-refractivity contribution < 1.29 is 0 Å². The van der Waals surface area contributed by atoms with E-state index >= 15 is 0 Å². The van der Waals surface area contributed by atoms with Crippen molar-refractivity contribution in [3.63, 3.8) is 0 Å². The average Bonchev–Trinajstić information content (AvgIpc) is 2.17. The molecule has 2 rings (SSSR count). The van der Waals surface area contributed by atoms with Crippen LogP contribution >= 0.6 is 23.2 Å². The first-order chi connectivity index (χ1) is 7.24. The quantitative estimate of drug-likeness (QED) is 0.806. The number of piperazine rings is 1. The van der Waals surface area contributed by atoms with Gasteiger partial charge >= 0.3 is 0 Å². The second kappa shape index (κ2) is 5.12. The van der Waals surface area contributed by atoms with Crippen molar-refractivity contribution in [3.8, 4) is 0 Å². The van der Waals surface area contributed by atoms with Crippen LogP contribution in [0.3, 0.4) is 0 Å². The van der Waals surface area contributed by atoms with E-state index < -0.39 is 0 Å². The first-order valence-electron chi connectivity index (χ1n) is 4.99. The van der Waals surface area contributed by atoms with E-state index in [0.717, 1.165) is 38.3 Å². The van der Waals surface area contributed by atoms with E-state index in [1.807, 2.05) is 12.1 Å². The zero-order valence-corrected chi connectivity index (χ0v) is 9.85. The highest BCUT2D eigenvalue weighted by Gasteiger charge is 2.10. The molecule has 1 N–H and O–H groups in total. The van der Waals surface area contributed by atoms with Crippen LogP contribution in [0.1, 0.15) is 5.56 Å². The van der Waals surface area contributed by atoms with E-state index in [2.05, 4.69) is 15.2 Å². The minimum atomic E-state index is 0.465. The summed E-state index contributed by atoms with van der Waals surface area (Å²) in [6.45, 7) is 5.12. The van der Waals surface area contributed by atoms with Crippen LogP contribution in [0.5, 0.6) is 0 Å². The minimum absolute atomic E-state index is 0.465. The van der Waals surface area contributed by atoms with E-state index in [1.165, 1.54) is 0 Å². The number of nitrogens with zero attached hydrogens (tertiary/aromatic N) is 2. The lowest BCUT2D eigenvalue weighted by Crippen LogP contribution is -2.42. The van der Waals surface area contributed by atoms with Gasteiger partial charge in [-0.2, -0.15) is 0 Å². The predicted molar refractivity (Wildman–Crippen MR) is 62.4 cm³/mol. The first kappa shape index (κ1) is 11.1. The smallest absolute Gasteiger partial charge is 0.131 e. The van der Waals surface area contributed by atoms with Gasteiger partial charge in [-0.1, -0.05) is 23.2 Å². The van der Waals surface area contributed by atoms with Crippen LogP contribution in [-0.2, 0) is 6.54 Å².